The summed E-state index contributed by atoms with van der Waals surface area (Å²) in [5.41, 5.74) is 7.94. The Kier molecular flexibility index (Phi) is 4.54. The van der Waals surface area contributed by atoms with Crippen LogP contribution in [0.1, 0.15) is 28.8 Å². The minimum Gasteiger partial charge on any atom is -0.455 e. The summed E-state index contributed by atoms with van der Waals surface area (Å²) in [6.07, 6.45) is 2.25. The Labute approximate surface area is 157 Å². The maximum Gasteiger partial charge on any atom is 0.255 e. The first-order valence-corrected chi connectivity index (χ1v) is 9.22. The summed E-state index contributed by atoms with van der Waals surface area (Å²) in [6.45, 7) is 2.16. The Morgan fingerprint density at radius 1 is 1.19 bits per heavy atom. The predicted octanol–water partition coefficient (Wildman–Crippen LogP) is 3.24. The van der Waals surface area contributed by atoms with Crippen molar-refractivity contribution in [2.75, 3.05) is 6.54 Å². The molecule has 5 heteroatoms. The van der Waals surface area contributed by atoms with Crippen LogP contribution in [0.3, 0.4) is 0 Å². The normalized spacial score (nSPS) is 14.9. The summed E-state index contributed by atoms with van der Waals surface area (Å²) >= 11 is 0. The molecule has 0 radical (unpaired) electrons. The molecule has 2 aromatic carbocycles. The molecule has 0 saturated heterocycles. The molecule has 0 bridgehead atoms. The number of para-hydroxylation sites is 1. The van der Waals surface area contributed by atoms with Crippen LogP contribution < -0.4 is 16.5 Å². The molecule has 1 amide bonds. The van der Waals surface area contributed by atoms with Crippen LogP contribution in [0.15, 0.2) is 57.7 Å². The molecule has 0 aliphatic heterocycles. The minimum absolute atomic E-state index is 0.0296. The quantitative estimate of drug-likeness (QED) is 0.730. The maximum atomic E-state index is 12.8. The van der Waals surface area contributed by atoms with Crippen molar-refractivity contribution in [3.63, 3.8) is 0 Å². The van der Waals surface area contributed by atoms with Gasteiger partial charge in [-0.15, -0.1) is 0 Å². The minimum atomic E-state index is -0.275. The van der Waals surface area contributed by atoms with Crippen molar-refractivity contribution >= 4 is 16.9 Å². The molecule has 1 atom stereocenters. The van der Waals surface area contributed by atoms with Crippen LogP contribution in [0.2, 0.25) is 0 Å². The van der Waals surface area contributed by atoms with Crippen molar-refractivity contribution in [1.29, 1.82) is 0 Å². The number of benzene rings is 2. The zero-order chi connectivity index (χ0) is 19.0. The van der Waals surface area contributed by atoms with Gasteiger partial charge in [-0.25, -0.2) is 0 Å². The second-order valence-corrected chi connectivity index (χ2v) is 7.14. The lowest BCUT2D eigenvalue weighted by atomic mass is 10.0. The summed E-state index contributed by atoms with van der Waals surface area (Å²) in [6, 6.07) is 14.5. The molecular formula is C22H22N2O3. The van der Waals surface area contributed by atoms with Gasteiger partial charge >= 0.3 is 0 Å². The zero-order valence-corrected chi connectivity index (χ0v) is 15.2. The summed E-state index contributed by atoms with van der Waals surface area (Å²) in [7, 11) is 0. The van der Waals surface area contributed by atoms with E-state index in [1.807, 2.05) is 30.3 Å². The fourth-order valence-corrected chi connectivity index (χ4v) is 3.35. The van der Waals surface area contributed by atoms with Gasteiger partial charge in [0.15, 0.2) is 11.0 Å². The SMILES string of the molecule is Cc1c(-c2ccccc2)oc2c(C(=O)NCC(N)C3CC3)cccc2c1=O. The van der Waals surface area contributed by atoms with E-state index in [-0.39, 0.29) is 17.4 Å². The van der Waals surface area contributed by atoms with Crippen LogP contribution in [-0.4, -0.2) is 18.5 Å². The Balaban J connectivity index is 1.76. The van der Waals surface area contributed by atoms with Crippen LogP contribution >= 0.6 is 0 Å². The average molecular weight is 362 g/mol. The zero-order valence-electron chi connectivity index (χ0n) is 15.2. The summed E-state index contributed by atoms with van der Waals surface area (Å²) in [4.78, 5) is 25.6. The molecule has 1 aliphatic rings. The topological polar surface area (TPSA) is 85.3 Å². The summed E-state index contributed by atoms with van der Waals surface area (Å²) in [5.74, 6) is 0.717. The lowest BCUT2D eigenvalue weighted by molar-refractivity contribution is 0.0951. The van der Waals surface area contributed by atoms with Gasteiger partial charge in [0.1, 0.15) is 5.76 Å². The van der Waals surface area contributed by atoms with Gasteiger partial charge in [-0.2, -0.15) is 0 Å². The van der Waals surface area contributed by atoms with Crippen LogP contribution in [0.25, 0.3) is 22.3 Å². The molecule has 138 valence electrons. The first-order valence-electron chi connectivity index (χ1n) is 9.22. The van der Waals surface area contributed by atoms with Gasteiger partial charge in [0.25, 0.3) is 5.91 Å². The molecule has 1 fully saturated rings. The van der Waals surface area contributed by atoms with Gasteiger partial charge in [-0.05, 0) is 37.8 Å². The molecule has 1 unspecified atom stereocenters. The smallest absolute Gasteiger partial charge is 0.255 e. The van der Waals surface area contributed by atoms with E-state index in [1.165, 1.54) is 0 Å². The largest absolute Gasteiger partial charge is 0.455 e. The summed E-state index contributed by atoms with van der Waals surface area (Å²) < 4.78 is 6.09. The van der Waals surface area contributed by atoms with E-state index in [4.69, 9.17) is 10.2 Å². The van der Waals surface area contributed by atoms with Gasteiger partial charge in [0.05, 0.1) is 10.9 Å². The van der Waals surface area contributed by atoms with E-state index in [0.29, 0.717) is 40.3 Å². The lowest BCUT2D eigenvalue weighted by Gasteiger charge is -2.13. The Bertz CT molecular complexity index is 1050. The highest BCUT2D eigenvalue weighted by molar-refractivity contribution is 6.05. The molecule has 3 N–H and O–H groups in total. The van der Waals surface area contributed by atoms with Crippen molar-refractivity contribution in [3.05, 3.63) is 69.9 Å². The number of amides is 1. The highest BCUT2D eigenvalue weighted by Gasteiger charge is 2.28. The van der Waals surface area contributed by atoms with Gasteiger partial charge in [0.2, 0.25) is 0 Å². The third-order valence-corrected chi connectivity index (χ3v) is 5.15. The van der Waals surface area contributed by atoms with Gasteiger partial charge in [0, 0.05) is 23.7 Å². The highest BCUT2D eigenvalue weighted by atomic mass is 16.3. The van der Waals surface area contributed by atoms with Gasteiger partial charge in [-0.1, -0.05) is 36.4 Å². The van der Waals surface area contributed by atoms with E-state index in [9.17, 15) is 9.59 Å². The molecule has 27 heavy (non-hydrogen) atoms. The maximum absolute atomic E-state index is 12.8. The number of nitrogens with one attached hydrogen (secondary N) is 1. The third-order valence-electron chi connectivity index (χ3n) is 5.15. The first kappa shape index (κ1) is 17.5. The van der Waals surface area contributed by atoms with Crippen LogP contribution in [-0.2, 0) is 0 Å². The molecule has 3 aromatic rings. The fourth-order valence-electron chi connectivity index (χ4n) is 3.35. The molecule has 5 nitrogen and oxygen atoms in total. The lowest BCUT2D eigenvalue weighted by Crippen LogP contribution is -2.38. The number of hydrogen-bond donors (Lipinski definition) is 2. The number of carbonyl (C=O) groups excluding carboxylic acids is 1. The van der Waals surface area contributed by atoms with Crippen LogP contribution in [0, 0.1) is 12.8 Å². The van der Waals surface area contributed by atoms with Gasteiger partial charge < -0.3 is 15.5 Å². The van der Waals surface area contributed by atoms with Crippen LogP contribution in [0.4, 0.5) is 0 Å². The highest BCUT2D eigenvalue weighted by Crippen LogP contribution is 2.31. The molecule has 1 heterocycles. The monoisotopic (exact) mass is 362 g/mol. The second-order valence-electron chi connectivity index (χ2n) is 7.14. The molecule has 1 aromatic heterocycles. The Morgan fingerprint density at radius 2 is 1.93 bits per heavy atom. The van der Waals surface area contributed by atoms with E-state index in [2.05, 4.69) is 5.32 Å². The average Bonchev–Trinajstić information content (AvgIpc) is 3.54. The number of carbonyl (C=O) groups is 1. The number of fused-ring (bicyclic) bond motifs is 1. The molecule has 1 aliphatic carbocycles. The van der Waals surface area contributed by atoms with E-state index in [0.717, 1.165) is 18.4 Å². The van der Waals surface area contributed by atoms with E-state index in [1.54, 1.807) is 25.1 Å². The second kappa shape index (κ2) is 7.00. The summed E-state index contributed by atoms with van der Waals surface area (Å²) in [5, 5.41) is 3.29. The first-order chi connectivity index (χ1) is 13.1. The number of nitrogens with two attached hydrogens (primary N) is 1. The number of hydrogen-bond acceptors (Lipinski definition) is 4. The van der Waals surface area contributed by atoms with Crippen molar-refractivity contribution in [1.82, 2.24) is 5.32 Å². The molecular weight excluding hydrogens is 340 g/mol. The Hall–Kier alpha value is -2.92. The van der Waals surface area contributed by atoms with Crippen molar-refractivity contribution in [3.8, 4) is 11.3 Å². The van der Waals surface area contributed by atoms with Crippen molar-refractivity contribution in [2.24, 2.45) is 11.7 Å². The fraction of sp³-hybridized carbons (Fsp3) is 0.273. The predicted molar refractivity (Wildman–Crippen MR) is 106 cm³/mol. The van der Waals surface area contributed by atoms with Crippen molar-refractivity contribution < 1.29 is 9.21 Å². The molecule has 4 rings (SSSR count). The van der Waals surface area contributed by atoms with E-state index < -0.39 is 0 Å². The molecule has 1 saturated carbocycles. The third kappa shape index (κ3) is 3.38. The van der Waals surface area contributed by atoms with Gasteiger partial charge in [-0.3, -0.25) is 9.59 Å². The van der Waals surface area contributed by atoms with E-state index >= 15 is 0 Å². The standard InChI is InChI=1S/C22H22N2O3/c1-13-19(25)16-8-5-9-17(22(26)24-12-18(23)14-10-11-14)21(16)27-20(13)15-6-3-2-4-7-15/h2-9,14,18H,10-12,23H2,1H3,(H,24,26). The Morgan fingerprint density at radius 3 is 2.63 bits per heavy atom. The number of rotatable bonds is 5. The molecule has 0 spiro atoms. The van der Waals surface area contributed by atoms with Crippen molar-refractivity contribution in [2.45, 2.75) is 25.8 Å². The van der Waals surface area contributed by atoms with Crippen LogP contribution in [0.5, 0.6) is 0 Å².